The summed E-state index contributed by atoms with van der Waals surface area (Å²) >= 11 is 0. The summed E-state index contributed by atoms with van der Waals surface area (Å²) in [6.07, 6.45) is 4.86. The van der Waals surface area contributed by atoms with Crippen LogP contribution in [0.3, 0.4) is 0 Å². The van der Waals surface area contributed by atoms with Gasteiger partial charge in [0.05, 0.1) is 5.69 Å². The SMILES string of the molecule is CC(C)Cc1cc(C(=O)NCC2CCCN(c3ccccn3)C2)on1. The number of hydrogen-bond donors (Lipinski definition) is 1. The molecule has 1 amide bonds. The summed E-state index contributed by atoms with van der Waals surface area (Å²) in [7, 11) is 0. The van der Waals surface area contributed by atoms with Gasteiger partial charge in [-0.2, -0.15) is 0 Å². The number of nitrogens with zero attached hydrogens (tertiary/aromatic N) is 3. The van der Waals surface area contributed by atoms with E-state index in [4.69, 9.17) is 4.52 Å². The van der Waals surface area contributed by atoms with Crippen LogP contribution in [0, 0.1) is 11.8 Å². The summed E-state index contributed by atoms with van der Waals surface area (Å²) in [5.41, 5.74) is 0.833. The number of anilines is 1. The van der Waals surface area contributed by atoms with Crippen molar-refractivity contribution in [3.05, 3.63) is 41.9 Å². The van der Waals surface area contributed by atoms with Gasteiger partial charge in [-0.1, -0.05) is 25.1 Å². The Bertz CT molecular complexity index is 684. The highest BCUT2D eigenvalue weighted by atomic mass is 16.5. The van der Waals surface area contributed by atoms with Crippen molar-refractivity contribution in [1.82, 2.24) is 15.5 Å². The monoisotopic (exact) mass is 342 g/mol. The van der Waals surface area contributed by atoms with Crippen LogP contribution in [0.15, 0.2) is 35.0 Å². The number of carbonyl (C=O) groups is 1. The van der Waals surface area contributed by atoms with Gasteiger partial charge in [-0.25, -0.2) is 4.98 Å². The molecule has 1 N–H and O–H groups in total. The van der Waals surface area contributed by atoms with Crippen molar-refractivity contribution < 1.29 is 9.32 Å². The van der Waals surface area contributed by atoms with Crippen LogP contribution in [0.2, 0.25) is 0 Å². The summed E-state index contributed by atoms with van der Waals surface area (Å²) in [5.74, 6) is 2.02. The van der Waals surface area contributed by atoms with Crippen LogP contribution < -0.4 is 10.2 Å². The number of amides is 1. The van der Waals surface area contributed by atoms with Crippen LogP contribution in [-0.4, -0.2) is 35.7 Å². The minimum absolute atomic E-state index is 0.183. The fraction of sp³-hybridized carbons (Fsp3) is 0.526. The Hall–Kier alpha value is -2.37. The minimum Gasteiger partial charge on any atom is -0.356 e. The molecule has 3 heterocycles. The Labute approximate surface area is 148 Å². The van der Waals surface area contributed by atoms with E-state index in [1.165, 1.54) is 0 Å². The van der Waals surface area contributed by atoms with Gasteiger partial charge in [0.15, 0.2) is 0 Å². The Morgan fingerprint density at radius 1 is 1.44 bits per heavy atom. The van der Waals surface area contributed by atoms with E-state index >= 15 is 0 Å². The lowest BCUT2D eigenvalue weighted by molar-refractivity contribution is 0.0908. The third-order valence-corrected chi connectivity index (χ3v) is 4.44. The van der Waals surface area contributed by atoms with Gasteiger partial charge in [-0.05, 0) is 43.2 Å². The van der Waals surface area contributed by atoms with E-state index in [0.29, 0.717) is 24.1 Å². The molecule has 0 radical (unpaired) electrons. The quantitative estimate of drug-likeness (QED) is 0.874. The Balaban J connectivity index is 1.51. The Kier molecular flexibility index (Phi) is 5.68. The van der Waals surface area contributed by atoms with Crippen LogP contribution in [0.5, 0.6) is 0 Å². The van der Waals surface area contributed by atoms with Crippen LogP contribution >= 0.6 is 0 Å². The van der Waals surface area contributed by atoms with E-state index in [1.54, 1.807) is 6.07 Å². The van der Waals surface area contributed by atoms with Crippen LogP contribution in [0.4, 0.5) is 5.82 Å². The lowest BCUT2D eigenvalue weighted by atomic mass is 9.98. The molecule has 0 aliphatic carbocycles. The summed E-state index contributed by atoms with van der Waals surface area (Å²) in [6, 6.07) is 7.71. The van der Waals surface area contributed by atoms with E-state index in [2.05, 4.69) is 34.2 Å². The van der Waals surface area contributed by atoms with Crippen molar-refractivity contribution in [1.29, 1.82) is 0 Å². The first-order valence-electron chi connectivity index (χ1n) is 9.01. The zero-order chi connectivity index (χ0) is 17.6. The van der Waals surface area contributed by atoms with Gasteiger partial charge in [-0.3, -0.25) is 4.79 Å². The molecule has 1 unspecified atom stereocenters. The molecule has 25 heavy (non-hydrogen) atoms. The van der Waals surface area contributed by atoms with Crippen LogP contribution in [0.25, 0.3) is 0 Å². The highest BCUT2D eigenvalue weighted by Crippen LogP contribution is 2.21. The normalized spacial score (nSPS) is 17.7. The molecule has 0 bridgehead atoms. The molecule has 0 aromatic carbocycles. The van der Waals surface area contributed by atoms with Gasteiger partial charge >= 0.3 is 0 Å². The smallest absolute Gasteiger partial charge is 0.289 e. The summed E-state index contributed by atoms with van der Waals surface area (Å²) < 4.78 is 5.18. The van der Waals surface area contributed by atoms with Gasteiger partial charge in [0.1, 0.15) is 5.82 Å². The van der Waals surface area contributed by atoms with Gasteiger partial charge in [0.2, 0.25) is 5.76 Å². The first-order chi connectivity index (χ1) is 12.1. The predicted molar refractivity (Wildman–Crippen MR) is 96.6 cm³/mol. The number of carbonyl (C=O) groups excluding carboxylic acids is 1. The zero-order valence-corrected chi connectivity index (χ0v) is 14.9. The van der Waals surface area contributed by atoms with E-state index in [1.807, 2.05) is 24.4 Å². The molecule has 2 aromatic rings. The maximum atomic E-state index is 12.3. The molecule has 3 rings (SSSR count). The van der Waals surface area contributed by atoms with Gasteiger partial charge in [0, 0.05) is 31.9 Å². The van der Waals surface area contributed by atoms with Crippen LogP contribution in [-0.2, 0) is 6.42 Å². The molecular weight excluding hydrogens is 316 g/mol. The molecule has 0 spiro atoms. The molecule has 6 heteroatoms. The number of hydrogen-bond acceptors (Lipinski definition) is 5. The van der Waals surface area contributed by atoms with Crippen molar-refractivity contribution >= 4 is 11.7 Å². The van der Waals surface area contributed by atoms with Gasteiger partial charge < -0.3 is 14.7 Å². The average Bonchev–Trinajstić information content (AvgIpc) is 3.08. The van der Waals surface area contributed by atoms with Crippen molar-refractivity contribution in [2.24, 2.45) is 11.8 Å². The first-order valence-corrected chi connectivity index (χ1v) is 9.01. The highest BCUT2D eigenvalue weighted by molar-refractivity contribution is 5.91. The molecule has 1 aliphatic heterocycles. The zero-order valence-electron chi connectivity index (χ0n) is 14.9. The number of rotatable bonds is 6. The second-order valence-electron chi connectivity index (χ2n) is 7.13. The molecule has 1 aliphatic rings. The topological polar surface area (TPSA) is 71.3 Å². The van der Waals surface area contributed by atoms with E-state index < -0.39 is 0 Å². The second kappa shape index (κ2) is 8.14. The fourth-order valence-corrected chi connectivity index (χ4v) is 3.24. The van der Waals surface area contributed by atoms with Crippen molar-refractivity contribution in [2.45, 2.75) is 33.1 Å². The largest absolute Gasteiger partial charge is 0.356 e. The summed E-state index contributed by atoms with van der Waals surface area (Å²) in [4.78, 5) is 19.0. The van der Waals surface area contributed by atoms with Gasteiger partial charge in [0.25, 0.3) is 5.91 Å². The molecular formula is C19H26N4O2. The van der Waals surface area contributed by atoms with E-state index in [-0.39, 0.29) is 5.91 Å². The number of aromatic nitrogens is 2. The molecule has 1 atom stereocenters. The third-order valence-electron chi connectivity index (χ3n) is 4.44. The second-order valence-corrected chi connectivity index (χ2v) is 7.13. The lowest BCUT2D eigenvalue weighted by Crippen LogP contribution is -2.41. The number of pyridine rings is 1. The molecule has 1 saturated heterocycles. The Morgan fingerprint density at radius 3 is 3.08 bits per heavy atom. The standard InChI is InChI=1S/C19H26N4O2/c1-14(2)10-16-11-17(25-22-16)19(24)21-12-15-6-5-9-23(13-15)18-7-3-4-8-20-18/h3-4,7-8,11,14-15H,5-6,9-10,12-13H2,1-2H3,(H,21,24). The Morgan fingerprint density at radius 2 is 2.32 bits per heavy atom. The van der Waals surface area contributed by atoms with E-state index in [9.17, 15) is 4.79 Å². The molecule has 134 valence electrons. The molecule has 1 fully saturated rings. The van der Waals surface area contributed by atoms with Crippen molar-refractivity contribution in [2.75, 3.05) is 24.5 Å². The molecule has 2 aromatic heterocycles. The average molecular weight is 342 g/mol. The van der Waals surface area contributed by atoms with Crippen molar-refractivity contribution in [3.63, 3.8) is 0 Å². The fourth-order valence-electron chi connectivity index (χ4n) is 3.24. The first kappa shape index (κ1) is 17.5. The maximum Gasteiger partial charge on any atom is 0.289 e. The summed E-state index contributed by atoms with van der Waals surface area (Å²) in [5, 5.41) is 6.96. The molecule has 0 saturated carbocycles. The van der Waals surface area contributed by atoms with Gasteiger partial charge in [-0.15, -0.1) is 0 Å². The van der Waals surface area contributed by atoms with E-state index in [0.717, 1.165) is 43.9 Å². The van der Waals surface area contributed by atoms with Crippen LogP contribution in [0.1, 0.15) is 42.9 Å². The summed E-state index contributed by atoms with van der Waals surface area (Å²) in [6.45, 7) is 6.80. The number of nitrogens with one attached hydrogen (secondary N) is 1. The van der Waals surface area contributed by atoms with Crippen molar-refractivity contribution in [3.8, 4) is 0 Å². The predicted octanol–water partition coefficient (Wildman–Crippen LogP) is 2.91. The molecule has 6 nitrogen and oxygen atoms in total. The third kappa shape index (κ3) is 4.81. The lowest BCUT2D eigenvalue weighted by Gasteiger charge is -2.33. The maximum absolute atomic E-state index is 12.3. The number of piperidine rings is 1. The highest BCUT2D eigenvalue weighted by Gasteiger charge is 2.22. The minimum atomic E-state index is -0.183.